The van der Waals surface area contributed by atoms with Crippen LogP contribution in [-0.4, -0.2) is 9.97 Å². The van der Waals surface area contributed by atoms with Crippen molar-refractivity contribution in [2.75, 3.05) is 0 Å². The standard InChI is InChI=1S/C25H21BrN2O2/c1-18-14-23(27-15-22(18)26)21-12-13-24(29-16-19-8-4-2-5-9-19)28-25(21)30-17-20-10-6-3-7-11-20/h2-15H,16-17H2,1H3. The molecule has 5 heteroatoms. The number of nitrogens with zero attached hydrogens (tertiary/aromatic N) is 2. The molecule has 4 rings (SSSR count). The van der Waals surface area contributed by atoms with E-state index >= 15 is 0 Å². The summed E-state index contributed by atoms with van der Waals surface area (Å²) in [5.74, 6) is 1.01. The minimum atomic E-state index is 0.415. The fourth-order valence-corrected chi connectivity index (χ4v) is 3.17. The molecule has 2 aromatic heterocycles. The van der Waals surface area contributed by atoms with Crippen LogP contribution in [0.4, 0.5) is 0 Å². The second kappa shape index (κ2) is 9.55. The van der Waals surface area contributed by atoms with Crippen molar-refractivity contribution >= 4 is 15.9 Å². The Hall–Kier alpha value is -3.18. The number of halogens is 1. The molecule has 0 spiro atoms. The summed E-state index contributed by atoms with van der Waals surface area (Å²) < 4.78 is 13.0. The van der Waals surface area contributed by atoms with Crippen molar-refractivity contribution in [1.82, 2.24) is 9.97 Å². The third-order valence-corrected chi connectivity index (χ3v) is 5.44. The molecule has 0 radical (unpaired) electrons. The number of rotatable bonds is 7. The zero-order valence-electron chi connectivity index (χ0n) is 16.6. The lowest BCUT2D eigenvalue weighted by Gasteiger charge is -2.13. The molecule has 0 unspecified atom stereocenters. The molecule has 2 aromatic carbocycles. The molecular weight excluding hydrogens is 440 g/mol. The fourth-order valence-electron chi connectivity index (χ4n) is 2.95. The highest BCUT2D eigenvalue weighted by Gasteiger charge is 2.13. The van der Waals surface area contributed by atoms with Crippen LogP contribution in [-0.2, 0) is 13.2 Å². The predicted octanol–water partition coefficient (Wildman–Crippen LogP) is 6.37. The van der Waals surface area contributed by atoms with E-state index in [0.29, 0.717) is 25.0 Å². The normalized spacial score (nSPS) is 10.6. The van der Waals surface area contributed by atoms with Gasteiger partial charge >= 0.3 is 0 Å². The molecule has 0 fully saturated rings. The molecule has 4 nitrogen and oxygen atoms in total. The van der Waals surface area contributed by atoms with Crippen LogP contribution in [0, 0.1) is 6.92 Å². The van der Waals surface area contributed by atoms with Gasteiger partial charge in [0.05, 0.1) is 11.3 Å². The van der Waals surface area contributed by atoms with Crippen LogP contribution < -0.4 is 9.47 Å². The van der Waals surface area contributed by atoms with E-state index in [0.717, 1.165) is 32.4 Å². The van der Waals surface area contributed by atoms with E-state index in [2.05, 4.69) is 25.9 Å². The fraction of sp³-hybridized carbons (Fsp3) is 0.120. The van der Waals surface area contributed by atoms with Crippen molar-refractivity contribution in [1.29, 1.82) is 0 Å². The van der Waals surface area contributed by atoms with E-state index < -0.39 is 0 Å². The molecule has 0 saturated carbocycles. The summed E-state index contributed by atoms with van der Waals surface area (Å²) in [6, 6.07) is 25.9. The van der Waals surface area contributed by atoms with Gasteiger partial charge in [0.2, 0.25) is 11.8 Å². The van der Waals surface area contributed by atoms with E-state index in [4.69, 9.17) is 9.47 Å². The molecule has 0 aliphatic carbocycles. The number of benzene rings is 2. The van der Waals surface area contributed by atoms with Gasteiger partial charge in [0.15, 0.2) is 0 Å². The third kappa shape index (κ3) is 5.05. The summed E-state index contributed by atoms with van der Waals surface area (Å²) in [7, 11) is 0. The maximum Gasteiger partial charge on any atom is 0.226 e. The summed E-state index contributed by atoms with van der Waals surface area (Å²) in [6.45, 7) is 2.89. The Morgan fingerprint density at radius 1 is 0.800 bits per heavy atom. The van der Waals surface area contributed by atoms with Gasteiger partial charge in [-0.15, -0.1) is 0 Å². The van der Waals surface area contributed by atoms with Crippen molar-refractivity contribution in [3.63, 3.8) is 0 Å². The summed E-state index contributed by atoms with van der Waals surface area (Å²) in [5, 5.41) is 0. The van der Waals surface area contributed by atoms with Crippen LogP contribution in [0.1, 0.15) is 16.7 Å². The monoisotopic (exact) mass is 460 g/mol. The van der Waals surface area contributed by atoms with E-state index in [1.807, 2.05) is 85.8 Å². The van der Waals surface area contributed by atoms with Gasteiger partial charge in [-0.1, -0.05) is 60.7 Å². The molecule has 2 heterocycles. The number of aryl methyl sites for hydroxylation is 1. The molecule has 30 heavy (non-hydrogen) atoms. The Balaban J connectivity index is 1.61. The SMILES string of the molecule is Cc1cc(-c2ccc(OCc3ccccc3)nc2OCc2ccccc2)ncc1Br. The average molecular weight is 461 g/mol. The minimum absolute atomic E-state index is 0.415. The lowest BCUT2D eigenvalue weighted by Crippen LogP contribution is -2.03. The number of hydrogen-bond acceptors (Lipinski definition) is 4. The van der Waals surface area contributed by atoms with Gasteiger partial charge in [-0.2, -0.15) is 4.98 Å². The Morgan fingerprint density at radius 2 is 1.43 bits per heavy atom. The van der Waals surface area contributed by atoms with Crippen molar-refractivity contribution in [2.24, 2.45) is 0 Å². The first-order valence-corrected chi connectivity index (χ1v) is 10.5. The van der Waals surface area contributed by atoms with Crippen molar-refractivity contribution in [3.05, 3.63) is 106 Å². The van der Waals surface area contributed by atoms with Gasteiger partial charge in [-0.25, -0.2) is 0 Å². The van der Waals surface area contributed by atoms with E-state index in [9.17, 15) is 0 Å². The lowest BCUT2D eigenvalue weighted by molar-refractivity contribution is 0.268. The van der Waals surface area contributed by atoms with Crippen molar-refractivity contribution < 1.29 is 9.47 Å². The van der Waals surface area contributed by atoms with Gasteiger partial charge in [-0.05, 0) is 51.7 Å². The predicted molar refractivity (Wildman–Crippen MR) is 121 cm³/mol. The molecule has 0 bridgehead atoms. The number of aromatic nitrogens is 2. The highest BCUT2D eigenvalue weighted by molar-refractivity contribution is 9.10. The quantitative estimate of drug-likeness (QED) is 0.321. The van der Waals surface area contributed by atoms with Gasteiger partial charge in [-0.3, -0.25) is 4.98 Å². The molecule has 0 atom stereocenters. The first-order chi connectivity index (χ1) is 14.7. The molecule has 0 amide bonds. The highest BCUT2D eigenvalue weighted by atomic mass is 79.9. The smallest absolute Gasteiger partial charge is 0.226 e. The lowest BCUT2D eigenvalue weighted by atomic mass is 10.1. The zero-order valence-corrected chi connectivity index (χ0v) is 18.2. The number of ether oxygens (including phenoxy) is 2. The third-order valence-electron chi connectivity index (χ3n) is 4.61. The molecule has 0 aliphatic rings. The van der Waals surface area contributed by atoms with E-state index in [1.165, 1.54) is 0 Å². The second-order valence-electron chi connectivity index (χ2n) is 6.87. The summed E-state index contributed by atoms with van der Waals surface area (Å²) in [4.78, 5) is 9.18. The Kier molecular flexibility index (Phi) is 6.40. The maximum absolute atomic E-state index is 6.10. The first kappa shape index (κ1) is 20.1. The zero-order chi connectivity index (χ0) is 20.8. The average Bonchev–Trinajstić information content (AvgIpc) is 2.79. The van der Waals surface area contributed by atoms with Crippen LogP contribution in [0.5, 0.6) is 11.8 Å². The summed E-state index contributed by atoms with van der Waals surface area (Å²) in [6.07, 6.45) is 1.80. The Morgan fingerprint density at radius 3 is 2.07 bits per heavy atom. The van der Waals surface area contributed by atoms with Crippen LogP contribution in [0.15, 0.2) is 89.5 Å². The number of pyridine rings is 2. The molecule has 0 N–H and O–H groups in total. The topological polar surface area (TPSA) is 44.2 Å². The van der Waals surface area contributed by atoms with Crippen molar-refractivity contribution in [2.45, 2.75) is 20.1 Å². The van der Waals surface area contributed by atoms with Crippen LogP contribution in [0.25, 0.3) is 11.3 Å². The largest absolute Gasteiger partial charge is 0.473 e. The van der Waals surface area contributed by atoms with Crippen LogP contribution in [0.2, 0.25) is 0 Å². The summed E-state index contributed by atoms with van der Waals surface area (Å²) in [5.41, 5.74) is 4.88. The molecule has 150 valence electrons. The van der Waals surface area contributed by atoms with Gasteiger partial charge in [0.1, 0.15) is 13.2 Å². The Bertz CT molecular complexity index is 1120. The Labute approximate surface area is 184 Å². The highest BCUT2D eigenvalue weighted by Crippen LogP contribution is 2.31. The number of hydrogen-bond donors (Lipinski definition) is 0. The molecule has 0 aliphatic heterocycles. The van der Waals surface area contributed by atoms with Gasteiger partial charge in [0, 0.05) is 16.7 Å². The second-order valence-corrected chi connectivity index (χ2v) is 7.72. The van der Waals surface area contributed by atoms with Gasteiger partial charge < -0.3 is 9.47 Å². The van der Waals surface area contributed by atoms with Crippen LogP contribution >= 0.6 is 15.9 Å². The molecular formula is C25H21BrN2O2. The van der Waals surface area contributed by atoms with Gasteiger partial charge in [0.25, 0.3) is 0 Å². The van der Waals surface area contributed by atoms with Crippen molar-refractivity contribution in [3.8, 4) is 23.0 Å². The minimum Gasteiger partial charge on any atom is -0.473 e. The first-order valence-electron chi connectivity index (χ1n) is 9.66. The molecule has 0 saturated heterocycles. The maximum atomic E-state index is 6.10. The van der Waals surface area contributed by atoms with E-state index in [1.54, 1.807) is 6.20 Å². The van der Waals surface area contributed by atoms with Crippen LogP contribution in [0.3, 0.4) is 0 Å². The summed E-state index contributed by atoms with van der Waals surface area (Å²) >= 11 is 3.51. The molecule has 4 aromatic rings. The van der Waals surface area contributed by atoms with E-state index in [-0.39, 0.29) is 0 Å².